The molecule has 6 heteroatoms. The molecule has 0 heterocycles. The minimum absolute atomic E-state index is 0.537. The smallest absolute Gasteiger partial charge is 0.175 e. The van der Waals surface area contributed by atoms with Gasteiger partial charge in [-0.15, -0.1) is 9.39 Å². The van der Waals surface area contributed by atoms with Crippen LogP contribution in [0.4, 0.5) is 0 Å². The van der Waals surface area contributed by atoms with Gasteiger partial charge in [-0.2, -0.15) is 0 Å². The topological polar surface area (TPSA) is 45.3 Å². The maximum Gasteiger partial charge on any atom is 0.175 e. The molecule has 0 bridgehead atoms. The Kier molecular flexibility index (Phi) is 8.42. The van der Waals surface area contributed by atoms with Gasteiger partial charge in [0.05, 0.1) is 7.11 Å². The lowest BCUT2D eigenvalue weighted by atomic mass is 10.0. The van der Waals surface area contributed by atoms with Crippen LogP contribution in [0.1, 0.15) is 16.7 Å². The number of nitrogens with one attached hydrogen (secondary N) is 3. The van der Waals surface area contributed by atoms with E-state index in [1.54, 1.807) is 14.2 Å². The number of methoxy groups -OCH3 is 1. The molecule has 3 N–H and O–H groups in total. The summed E-state index contributed by atoms with van der Waals surface area (Å²) < 4.78 is 8.81. The second-order valence-corrected chi connectivity index (χ2v) is 10.9. The Balaban J connectivity index is 1.84. The van der Waals surface area contributed by atoms with E-state index in [1.807, 2.05) is 30.3 Å². The van der Waals surface area contributed by atoms with Gasteiger partial charge in [-0.1, -0.05) is 72.4 Å². The second-order valence-electron chi connectivity index (χ2n) is 8.12. The summed E-state index contributed by atoms with van der Waals surface area (Å²) in [6.07, 6.45) is 0.821. The quantitative estimate of drug-likeness (QED) is 0.345. The molecule has 0 aliphatic heterocycles. The van der Waals surface area contributed by atoms with Gasteiger partial charge in [-0.3, -0.25) is 0 Å². The van der Waals surface area contributed by atoms with Crippen LogP contribution in [-0.2, 0) is 6.42 Å². The molecule has 0 aliphatic rings. The van der Waals surface area contributed by atoms with E-state index in [2.05, 4.69) is 77.0 Å². The van der Waals surface area contributed by atoms with Gasteiger partial charge < -0.3 is 20.1 Å². The van der Waals surface area contributed by atoms with Crippen molar-refractivity contribution in [3.8, 4) is 16.9 Å². The van der Waals surface area contributed by atoms with Crippen molar-refractivity contribution in [3.05, 3.63) is 90.0 Å². The first kappa shape index (κ1) is 25.4. The van der Waals surface area contributed by atoms with Gasteiger partial charge in [-0.05, 0) is 60.5 Å². The van der Waals surface area contributed by atoms with E-state index >= 15 is 0 Å². The molecule has 0 radical (unpaired) electrons. The predicted octanol–water partition coefficient (Wildman–Crippen LogP) is 5.51. The number of thiocarbonyl (C=S) groups is 1. The first-order valence-electron chi connectivity index (χ1n) is 11.0. The Morgan fingerprint density at radius 1 is 1.03 bits per heavy atom. The van der Waals surface area contributed by atoms with Crippen molar-refractivity contribution in [1.29, 1.82) is 0 Å². The molecule has 3 rings (SSSR count). The molecule has 0 amide bonds. The van der Waals surface area contributed by atoms with Crippen LogP contribution in [0.3, 0.4) is 0 Å². The van der Waals surface area contributed by atoms with Crippen LogP contribution in [-0.4, -0.2) is 37.6 Å². The molecule has 0 unspecified atom stereocenters. The van der Waals surface area contributed by atoms with E-state index in [9.17, 15) is 0 Å². The third kappa shape index (κ3) is 6.22. The van der Waals surface area contributed by atoms with E-state index in [0.717, 1.165) is 51.6 Å². The summed E-state index contributed by atoms with van der Waals surface area (Å²) in [4.78, 5) is 1.06. The average Bonchev–Trinajstić information content (AvgIpc) is 2.84. The van der Waals surface area contributed by atoms with Gasteiger partial charge >= 0.3 is 0 Å². The number of benzene rings is 3. The van der Waals surface area contributed by atoms with Crippen molar-refractivity contribution in [3.63, 3.8) is 0 Å². The van der Waals surface area contributed by atoms with Crippen molar-refractivity contribution in [2.75, 3.05) is 20.7 Å². The lowest BCUT2D eigenvalue weighted by Crippen LogP contribution is -2.30. The van der Waals surface area contributed by atoms with Crippen LogP contribution < -0.4 is 20.1 Å². The summed E-state index contributed by atoms with van der Waals surface area (Å²) >= 11 is 5.36. The minimum Gasteiger partial charge on any atom is -0.496 e. The third-order valence-corrected chi connectivity index (χ3v) is 7.71. The number of hydrogen-bond donors (Lipinski definition) is 3. The number of ether oxygens (including phenoxy) is 1. The zero-order valence-electron chi connectivity index (χ0n) is 20.1. The molecule has 178 valence electrons. The molecule has 0 spiro atoms. The van der Waals surface area contributed by atoms with Crippen molar-refractivity contribution >= 4 is 44.2 Å². The zero-order chi connectivity index (χ0) is 24.7. The van der Waals surface area contributed by atoms with E-state index in [4.69, 9.17) is 17.0 Å². The molecule has 0 fully saturated rings. The molecule has 34 heavy (non-hydrogen) atoms. The fraction of sp³-hybridized carbons (Fsp3) is 0.179. The lowest BCUT2D eigenvalue weighted by molar-refractivity contribution is 0.413. The minimum atomic E-state index is -1.88. The van der Waals surface area contributed by atoms with E-state index < -0.39 is 9.39 Å². The normalized spacial score (nSPS) is 10.9. The fourth-order valence-electron chi connectivity index (χ4n) is 3.70. The lowest BCUT2D eigenvalue weighted by Gasteiger charge is -2.23. The van der Waals surface area contributed by atoms with Gasteiger partial charge in [0.2, 0.25) is 0 Å². The molecule has 0 atom stereocenters. The summed E-state index contributed by atoms with van der Waals surface area (Å²) in [5, 5.41) is 6.96. The van der Waals surface area contributed by atoms with Crippen molar-refractivity contribution in [1.82, 2.24) is 15.4 Å². The number of rotatable bonds is 9. The Labute approximate surface area is 209 Å². The summed E-state index contributed by atoms with van der Waals surface area (Å²) in [6.45, 7) is 7.02. The Morgan fingerprint density at radius 2 is 1.76 bits per heavy atom. The highest BCUT2D eigenvalue weighted by Gasteiger charge is 2.13. The fourth-order valence-corrected chi connectivity index (χ4v) is 5.73. The van der Waals surface area contributed by atoms with Crippen LogP contribution in [0.25, 0.3) is 16.8 Å². The van der Waals surface area contributed by atoms with Gasteiger partial charge in [-0.25, -0.2) is 0 Å². The van der Waals surface area contributed by atoms with E-state index in [-0.39, 0.29) is 0 Å². The maximum absolute atomic E-state index is 5.50. The van der Waals surface area contributed by atoms with Crippen LogP contribution in [0, 0.1) is 6.92 Å². The highest BCUT2D eigenvalue weighted by molar-refractivity contribution is 8.27. The molecule has 0 saturated heterocycles. The molecular formula is C28H33N3OS2. The predicted molar refractivity (Wildman–Crippen MR) is 155 cm³/mol. The van der Waals surface area contributed by atoms with E-state index in [1.165, 1.54) is 5.56 Å². The zero-order valence-corrected chi connectivity index (χ0v) is 21.7. The number of hydrogen-bond acceptors (Lipinski definition) is 3. The third-order valence-electron chi connectivity index (χ3n) is 5.50. The Morgan fingerprint density at radius 3 is 2.44 bits per heavy atom. The summed E-state index contributed by atoms with van der Waals surface area (Å²) in [5.41, 5.74) is 6.41. The Bertz CT molecular complexity index is 1280. The first-order valence-corrected chi connectivity index (χ1v) is 13.4. The van der Waals surface area contributed by atoms with Crippen molar-refractivity contribution < 1.29 is 4.74 Å². The standard InChI is InChI=1S/C28H33N3OS2/c1-20-12-15-26(32-4)25(18-20)21(2)30-17-16-22-13-14-24(23-10-8-7-9-11-23)27(19-22)34(5,6)31-28(33)29-3/h7-15,18-19,30H,2,5-6,16-17H2,1,3-4H3,(H2,29,31,33). The maximum atomic E-state index is 5.50. The van der Waals surface area contributed by atoms with Crippen LogP contribution in [0.5, 0.6) is 5.75 Å². The van der Waals surface area contributed by atoms with Crippen LogP contribution >= 0.6 is 21.6 Å². The second kappa shape index (κ2) is 11.3. The molecule has 0 aromatic heterocycles. The monoisotopic (exact) mass is 491 g/mol. The van der Waals surface area contributed by atoms with Crippen molar-refractivity contribution in [2.45, 2.75) is 18.2 Å². The van der Waals surface area contributed by atoms with Gasteiger partial charge in [0, 0.05) is 29.7 Å². The van der Waals surface area contributed by atoms with Gasteiger partial charge in [0.1, 0.15) is 5.75 Å². The highest BCUT2D eigenvalue weighted by atomic mass is 32.2. The van der Waals surface area contributed by atoms with E-state index in [0.29, 0.717) is 5.11 Å². The average molecular weight is 492 g/mol. The molecular weight excluding hydrogens is 458 g/mol. The Hall–Kier alpha value is -3.22. The van der Waals surface area contributed by atoms with Crippen molar-refractivity contribution in [2.24, 2.45) is 0 Å². The molecule has 0 aliphatic carbocycles. The molecule has 3 aromatic carbocycles. The molecule has 4 nitrogen and oxygen atoms in total. The van der Waals surface area contributed by atoms with Crippen LogP contribution in [0.2, 0.25) is 0 Å². The highest BCUT2D eigenvalue weighted by Crippen LogP contribution is 2.38. The first-order chi connectivity index (χ1) is 16.2. The van der Waals surface area contributed by atoms with Gasteiger partial charge in [0.25, 0.3) is 0 Å². The van der Waals surface area contributed by atoms with Crippen LogP contribution in [0.15, 0.2) is 78.2 Å². The summed E-state index contributed by atoms with van der Waals surface area (Å²) in [5.74, 6) is 9.65. The number of aryl methyl sites for hydroxylation is 1. The molecule has 3 aromatic rings. The van der Waals surface area contributed by atoms with Gasteiger partial charge in [0.15, 0.2) is 5.11 Å². The SMILES string of the molecule is C=C(NCCc1ccc(-c2ccccc2)c(S(=C)(=C)NC(=S)NC)c1)c1cc(C)ccc1OC. The summed E-state index contributed by atoms with van der Waals surface area (Å²) in [6, 6.07) is 22.9. The molecule has 0 saturated carbocycles. The summed E-state index contributed by atoms with van der Waals surface area (Å²) in [7, 11) is 1.59. The largest absolute Gasteiger partial charge is 0.496 e.